The molecule has 1 amide bonds. The number of carbonyl (C=O) groups is 1. The van der Waals surface area contributed by atoms with E-state index in [1.165, 1.54) is 6.20 Å². The van der Waals surface area contributed by atoms with E-state index in [-0.39, 0.29) is 34.1 Å². The van der Waals surface area contributed by atoms with Crippen LogP contribution in [0.15, 0.2) is 61.3 Å². The fraction of sp³-hybridized carbons (Fsp3) is 0.208. The van der Waals surface area contributed by atoms with Gasteiger partial charge < -0.3 is 30.9 Å². The van der Waals surface area contributed by atoms with Crippen LogP contribution in [0.1, 0.15) is 0 Å². The minimum atomic E-state index is -3.01. The second-order valence-electron chi connectivity index (χ2n) is 7.68. The Kier molecular flexibility index (Phi) is 8.13. The van der Waals surface area contributed by atoms with Crippen LogP contribution in [0.3, 0.4) is 0 Å². The van der Waals surface area contributed by atoms with Crippen LogP contribution in [0.5, 0.6) is 5.75 Å². The number of anilines is 6. The van der Waals surface area contributed by atoms with Crippen molar-refractivity contribution in [3.8, 4) is 5.75 Å². The van der Waals surface area contributed by atoms with Crippen molar-refractivity contribution in [1.29, 1.82) is 0 Å². The van der Waals surface area contributed by atoms with Gasteiger partial charge in [-0.1, -0.05) is 30.3 Å². The average Bonchev–Trinajstić information content (AvgIpc) is 2.88. The highest BCUT2D eigenvalue weighted by molar-refractivity contribution is 6.33. The molecule has 0 bridgehead atoms. The Hall–Kier alpha value is -3.96. The highest BCUT2D eigenvalue weighted by Crippen LogP contribution is 2.34. The Morgan fingerprint density at radius 3 is 2.61 bits per heavy atom. The number of ether oxygens (including phenoxy) is 1. The molecule has 36 heavy (non-hydrogen) atoms. The first kappa shape index (κ1) is 25.1. The predicted molar refractivity (Wildman–Crippen MR) is 137 cm³/mol. The Balaban J connectivity index is 1.58. The van der Waals surface area contributed by atoms with E-state index in [0.29, 0.717) is 11.4 Å². The van der Waals surface area contributed by atoms with Crippen molar-refractivity contribution in [2.45, 2.75) is 6.61 Å². The lowest BCUT2D eigenvalue weighted by molar-refractivity contribution is -0.111. The molecule has 0 atom stereocenters. The van der Waals surface area contributed by atoms with Gasteiger partial charge in [0.05, 0.1) is 23.3 Å². The van der Waals surface area contributed by atoms with E-state index in [1.807, 2.05) is 6.07 Å². The Labute approximate surface area is 211 Å². The molecular weight excluding hydrogens is 492 g/mol. The topological polar surface area (TPSA) is 103 Å². The first-order valence-electron chi connectivity index (χ1n) is 11.1. The van der Waals surface area contributed by atoms with Crippen molar-refractivity contribution in [2.75, 3.05) is 47.0 Å². The van der Waals surface area contributed by atoms with E-state index in [9.17, 15) is 13.6 Å². The molecule has 0 saturated carbocycles. The molecule has 1 saturated heterocycles. The number of piperazine rings is 1. The second kappa shape index (κ2) is 11.6. The predicted octanol–water partition coefficient (Wildman–Crippen LogP) is 4.75. The summed E-state index contributed by atoms with van der Waals surface area (Å²) in [7, 11) is 0. The van der Waals surface area contributed by atoms with Gasteiger partial charge in [0.1, 0.15) is 5.02 Å². The number of hydrogen-bond acceptors (Lipinski definition) is 8. The molecule has 4 N–H and O–H groups in total. The zero-order valence-electron chi connectivity index (χ0n) is 19.1. The smallest absolute Gasteiger partial charge is 0.387 e. The Bertz CT molecular complexity index is 1240. The summed E-state index contributed by atoms with van der Waals surface area (Å²) in [4.78, 5) is 22.4. The standard InChI is InChI=1S/C24H24ClF2N7O2/c1-2-21(35)30-17-5-3-4-6-18(17)31-22-16(25)14-29-24(33-22)32-19-8-7-15(13-20(19)36-23(26)27)34-11-9-28-10-12-34/h2-8,13-14,23,28H,1,9-12H2,(H,30,35)(H2,29,31,32,33). The van der Waals surface area contributed by atoms with Gasteiger partial charge >= 0.3 is 6.61 Å². The molecule has 4 rings (SSSR count). The van der Waals surface area contributed by atoms with Gasteiger partial charge in [-0.2, -0.15) is 13.8 Å². The van der Waals surface area contributed by atoms with Crippen molar-refractivity contribution >= 4 is 52.0 Å². The van der Waals surface area contributed by atoms with Gasteiger partial charge in [-0.25, -0.2) is 4.98 Å². The Morgan fingerprint density at radius 2 is 1.89 bits per heavy atom. The highest BCUT2D eigenvalue weighted by atomic mass is 35.5. The van der Waals surface area contributed by atoms with Gasteiger partial charge in [-0.15, -0.1) is 0 Å². The van der Waals surface area contributed by atoms with E-state index in [0.717, 1.165) is 37.9 Å². The van der Waals surface area contributed by atoms with Crippen LogP contribution in [0.4, 0.5) is 43.3 Å². The number of nitrogens with zero attached hydrogens (tertiary/aromatic N) is 3. The van der Waals surface area contributed by atoms with Gasteiger partial charge in [0.25, 0.3) is 0 Å². The highest BCUT2D eigenvalue weighted by Gasteiger charge is 2.17. The fourth-order valence-electron chi connectivity index (χ4n) is 3.58. The number of carbonyl (C=O) groups excluding carboxylic acids is 1. The molecule has 188 valence electrons. The van der Waals surface area contributed by atoms with Gasteiger partial charge in [-0.05, 0) is 30.3 Å². The third-order valence-corrected chi connectivity index (χ3v) is 5.55. The number of benzene rings is 2. The third kappa shape index (κ3) is 6.37. The number of para-hydroxylation sites is 2. The summed E-state index contributed by atoms with van der Waals surface area (Å²) >= 11 is 6.29. The number of alkyl halides is 2. The SMILES string of the molecule is C=CC(=O)Nc1ccccc1Nc1nc(Nc2ccc(N3CCNCC3)cc2OC(F)F)ncc1Cl. The summed E-state index contributed by atoms with van der Waals surface area (Å²) in [5.74, 6) is -0.0745. The minimum absolute atomic E-state index is 0.0356. The van der Waals surface area contributed by atoms with Crippen molar-refractivity contribution in [3.63, 3.8) is 0 Å². The van der Waals surface area contributed by atoms with Crippen LogP contribution in [-0.4, -0.2) is 48.7 Å². The zero-order valence-corrected chi connectivity index (χ0v) is 19.9. The maximum atomic E-state index is 13.2. The number of rotatable bonds is 9. The summed E-state index contributed by atoms with van der Waals surface area (Å²) < 4.78 is 31.1. The average molecular weight is 516 g/mol. The third-order valence-electron chi connectivity index (χ3n) is 5.28. The number of amides is 1. The zero-order chi connectivity index (χ0) is 25.5. The second-order valence-corrected chi connectivity index (χ2v) is 8.08. The van der Waals surface area contributed by atoms with Gasteiger partial charge in [0.15, 0.2) is 11.6 Å². The van der Waals surface area contributed by atoms with E-state index in [1.54, 1.807) is 36.4 Å². The van der Waals surface area contributed by atoms with Crippen LogP contribution in [-0.2, 0) is 4.79 Å². The molecular formula is C24H24ClF2N7O2. The first-order chi connectivity index (χ1) is 17.4. The maximum absolute atomic E-state index is 13.2. The lowest BCUT2D eigenvalue weighted by Gasteiger charge is -2.30. The van der Waals surface area contributed by atoms with Crippen molar-refractivity contribution in [2.24, 2.45) is 0 Å². The first-order valence-corrected chi connectivity index (χ1v) is 11.4. The monoisotopic (exact) mass is 515 g/mol. The molecule has 0 radical (unpaired) electrons. The normalized spacial score (nSPS) is 13.3. The number of nitrogens with one attached hydrogen (secondary N) is 4. The van der Waals surface area contributed by atoms with Crippen LogP contribution < -0.4 is 30.9 Å². The Morgan fingerprint density at radius 1 is 1.14 bits per heavy atom. The van der Waals surface area contributed by atoms with Crippen LogP contribution in [0, 0.1) is 0 Å². The summed E-state index contributed by atoms with van der Waals surface area (Å²) in [6.45, 7) is 3.56. The maximum Gasteiger partial charge on any atom is 0.387 e. The molecule has 0 unspecified atom stereocenters. The minimum Gasteiger partial charge on any atom is -0.433 e. The van der Waals surface area contributed by atoms with E-state index >= 15 is 0 Å². The van der Waals surface area contributed by atoms with Crippen molar-refractivity contribution < 1.29 is 18.3 Å². The molecule has 1 fully saturated rings. The largest absolute Gasteiger partial charge is 0.433 e. The van der Waals surface area contributed by atoms with E-state index in [4.69, 9.17) is 16.3 Å². The lowest BCUT2D eigenvalue weighted by Crippen LogP contribution is -2.43. The molecule has 0 aliphatic carbocycles. The fourth-order valence-corrected chi connectivity index (χ4v) is 3.71. The van der Waals surface area contributed by atoms with Gasteiger partial charge in [0, 0.05) is 37.9 Å². The number of aromatic nitrogens is 2. The van der Waals surface area contributed by atoms with E-state index < -0.39 is 6.61 Å². The molecule has 9 nitrogen and oxygen atoms in total. The van der Waals surface area contributed by atoms with Crippen LogP contribution >= 0.6 is 11.6 Å². The van der Waals surface area contributed by atoms with Gasteiger partial charge in [0.2, 0.25) is 11.9 Å². The lowest BCUT2D eigenvalue weighted by atomic mass is 10.2. The molecule has 3 aromatic rings. The van der Waals surface area contributed by atoms with Crippen LogP contribution in [0.2, 0.25) is 5.02 Å². The number of hydrogen-bond donors (Lipinski definition) is 4. The van der Waals surface area contributed by atoms with Gasteiger partial charge in [-0.3, -0.25) is 4.79 Å². The summed E-state index contributed by atoms with van der Waals surface area (Å²) in [5, 5.41) is 12.1. The number of halogens is 3. The van der Waals surface area contributed by atoms with Crippen molar-refractivity contribution in [1.82, 2.24) is 15.3 Å². The molecule has 12 heteroatoms. The summed E-state index contributed by atoms with van der Waals surface area (Å²) in [6.07, 6.45) is 2.52. The molecule has 0 spiro atoms. The molecule has 2 heterocycles. The molecule has 2 aromatic carbocycles. The molecule has 1 aliphatic rings. The quantitative estimate of drug-likeness (QED) is 0.303. The summed E-state index contributed by atoms with van der Waals surface area (Å²) in [5.41, 5.74) is 2.06. The summed E-state index contributed by atoms with van der Waals surface area (Å²) in [6, 6.07) is 12.0. The molecule has 1 aromatic heterocycles. The molecule has 1 aliphatic heterocycles. The van der Waals surface area contributed by atoms with Crippen molar-refractivity contribution in [3.05, 3.63) is 66.3 Å². The van der Waals surface area contributed by atoms with Crippen LogP contribution in [0.25, 0.3) is 0 Å². The van der Waals surface area contributed by atoms with E-state index in [2.05, 4.69) is 42.7 Å².